The number of carbonyl (C=O) groups is 4. The van der Waals surface area contributed by atoms with Gasteiger partial charge in [0.2, 0.25) is 0 Å². The van der Waals surface area contributed by atoms with E-state index in [-0.39, 0.29) is 59.6 Å². The molecule has 5 unspecified atom stereocenters. The molecule has 1 aliphatic heterocycles. The summed E-state index contributed by atoms with van der Waals surface area (Å²) in [7, 11) is 0. The number of esters is 3. The van der Waals surface area contributed by atoms with Gasteiger partial charge in [0, 0.05) is 5.92 Å². The molecule has 3 aliphatic carbocycles. The topological polar surface area (TPSA) is 138 Å². The molecule has 0 aromatic heterocycles. The third-order valence-corrected chi connectivity index (χ3v) is 12.9. The maximum Gasteiger partial charge on any atom is 0.508 e. The van der Waals surface area contributed by atoms with E-state index in [0.717, 1.165) is 38.0 Å². The summed E-state index contributed by atoms with van der Waals surface area (Å²) in [5, 5.41) is 8.97. The molecule has 0 radical (unpaired) electrons. The largest absolute Gasteiger partial charge is 0.508 e. The second-order valence-corrected chi connectivity index (χ2v) is 19.4. The molecule has 0 aromatic rings. The monoisotopic (exact) mass is 748 g/mol. The smallest absolute Gasteiger partial charge is 0.462 e. The van der Waals surface area contributed by atoms with Crippen molar-refractivity contribution in [2.45, 2.75) is 179 Å². The van der Waals surface area contributed by atoms with Gasteiger partial charge in [-0.3, -0.25) is 14.4 Å². The molecule has 10 heteroatoms. The second kappa shape index (κ2) is 18.7. The van der Waals surface area contributed by atoms with Gasteiger partial charge < -0.3 is 23.7 Å². The highest BCUT2D eigenvalue weighted by molar-refractivity contribution is 5.77. The molecule has 5 atom stereocenters. The highest BCUT2D eigenvalue weighted by Gasteiger charge is 2.48. The van der Waals surface area contributed by atoms with Crippen LogP contribution in [0.1, 0.15) is 161 Å². The molecule has 3 saturated carbocycles. The Kier molecular flexibility index (Phi) is 16.3. The van der Waals surface area contributed by atoms with Crippen molar-refractivity contribution in [2.24, 2.45) is 51.2 Å². The fourth-order valence-electron chi connectivity index (χ4n) is 7.18. The van der Waals surface area contributed by atoms with Crippen LogP contribution >= 0.6 is 0 Å². The zero-order chi connectivity index (χ0) is 40.6. The number of hydrogen-bond acceptors (Lipinski definition) is 10. The molecule has 0 spiro atoms. The molecule has 4 fully saturated rings. The predicted octanol–water partition coefficient (Wildman–Crippen LogP) is 10.0. The standard InChI is InChI=1S/C19H36O2.C14H21NO2.C10H16O5/c1-9-18(5,6)16(20)21-19(7,8)15-12-10-14(11-13-15)17(2,3)4;1-4-14(2,3)13(16)17-12-7-9-5-10(12)6-11(9)8-15;1-4-10(2,3)8(11)13-5-7-6-14-9(12)15-7/h14-15H,9-13H2,1-8H3;9-12H,4-7H2,1-3H3;7H,4-6H2,1-3H3. The first-order chi connectivity index (χ1) is 24.3. The highest BCUT2D eigenvalue weighted by Crippen LogP contribution is 2.50. The molecule has 10 nitrogen and oxygen atoms in total. The van der Waals surface area contributed by atoms with Crippen molar-refractivity contribution in [1.82, 2.24) is 0 Å². The molecule has 0 amide bonds. The predicted molar refractivity (Wildman–Crippen MR) is 204 cm³/mol. The fourth-order valence-corrected chi connectivity index (χ4v) is 7.18. The van der Waals surface area contributed by atoms with Crippen LogP contribution in [-0.2, 0) is 38.1 Å². The summed E-state index contributed by atoms with van der Waals surface area (Å²) in [4.78, 5) is 46.4. The Morgan fingerprint density at radius 2 is 1.23 bits per heavy atom. The maximum absolute atomic E-state index is 12.4. The van der Waals surface area contributed by atoms with Crippen molar-refractivity contribution in [1.29, 1.82) is 5.26 Å². The summed E-state index contributed by atoms with van der Waals surface area (Å²) >= 11 is 0. The minimum atomic E-state index is -0.703. The summed E-state index contributed by atoms with van der Waals surface area (Å²) in [5.74, 6) is 1.98. The summed E-state index contributed by atoms with van der Waals surface area (Å²) in [6.07, 6.45) is 8.98. The highest BCUT2D eigenvalue weighted by atomic mass is 16.8. The molecule has 53 heavy (non-hydrogen) atoms. The third-order valence-electron chi connectivity index (χ3n) is 12.9. The second-order valence-electron chi connectivity index (χ2n) is 19.4. The van der Waals surface area contributed by atoms with E-state index in [2.05, 4.69) is 45.4 Å². The lowest BCUT2D eigenvalue weighted by Gasteiger charge is -2.43. The molecule has 304 valence electrons. The molecule has 4 aliphatic rings. The van der Waals surface area contributed by atoms with Crippen molar-refractivity contribution >= 4 is 24.1 Å². The number of hydrogen-bond donors (Lipinski definition) is 0. The van der Waals surface area contributed by atoms with Gasteiger partial charge in [-0.05, 0) is 149 Å². The van der Waals surface area contributed by atoms with E-state index in [4.69, 9.17) is 24.2 Å². The van der Waals surface area contributed by atoms with Crippen LogP contribution in [0.25, 0.3) is 0 Å². The van der Waals surface area contributed by atoms with Crippen molar-refractivity contribution in [2.75, 3.05) is 13.2 Å². The fraction of sp³-hybridized carbons (Fsp3) is 0.884. The van der Waals surface area contributed by atoms with E-state index < -0.39 is 17.7 Å². The summed E-state index contributed by atoms with van der Waals surface area (Å²) < 4.78 is 25.9. The van der Waals surface area contributed by atoms with Gasteiger partial charge in [-0.2, -0.15) is 5.26 Å². The van der Waals surface area contributed by atoms with Gasteiger partial charge in [-0.15, -0.1) is 0 Å². The quantitative estimate of drug-likeness (QED) is 0.148. The Bertz CT molecular complexity index is 1280. The van der Waals surface area contributed by atoms with Crippen LogP contribution in [0, 0.1) is 62.6 Å². The Labute approximate surface area is 321 Å². The Morgan fingerprint density at radius 1 is 0.717 bits per heavy atom. The van der Waals surface area contributed by atoms with E-state index in [1.807, 2.05) is 62.3 Å². The number of ether oxygens (including phenoxy) is 5. The van der Waals surface area contributed by atoms with Crippen LogP contribution < -0.4 is 0 Å². The summed E-state index contributed by atoms with van der Waals surface area (Å²) in [5.41, 5.74) is -1.19. The zero-order valence-corrected chi connectivity index (χ0v) is 35.6. The van der Waals surface area contributed by atoms with Crippen molar-refractivity contribution in [3.8, 4) is 6.07 Å². The number of carbonyl (C=O) groups excluding carboxylic acids is 4. The Balaban J connectivity index is 0.000000279. The minimum absolute atomic E-state index is 0.0482. The van der Waals surface area contributed by atoms with Gasteiger partial charge >= 0.3 is 24.1 Å². The van der Waals surface area contributed by atoms with Crippen LogP contribution in [0.2, 0.25) is 0 Å². The first-order valence-electron chi connectivity index (χ1n) is 20.2. The number of cyclic esters (lactones) is 2. The van der Waals surface area contributed by atoms with Gasteiger partial charge in [0.15, 0.2) is 6.10 Å². The van der Waals surface area contributed by atoms with Crippen LogP contribution in [-0.4, -0.2) is 55.1 Å². The van der Waals surface area contributed by atoms with E-state index in [9.17, 15) is 19.2 Å². The maximum atomic E-state index is 12.4. The Hall–Kier alpha value is -2.83. The van der Waals surface area contributed by atoms with Gasteiger partial charge in [0.1, 0.15) is 24.9 Å². The lowest BCUT2D eigenvalue weighted by atomic mass is 9.67. The normalized spacial score (nSPS) is 27.1. The number of rotatable bonds is 11. The first kappa shape index (κ1) is 46.3. The molecule has 0 N–H and O–H groups in total. The molecule has 4 rings (SSSR count). The van der Waals surface area contributed by atoms with E-state index in [1.165, 1.54) is 25.7 Å². The van der Waals surface area contributed by atoms with Gasteiger partial charge in [0.25, 0.3) is 0 Å². The third kappa shape index (κ3) is 13.2. The van der Waals surface area contributed by atoms with Gasteiger partial charge in [-0.25, -0.2) is 4.79 Å². The van der Waals surface area contributed by atoms with Crippen LogP contribution in [0.5, 0.6) is 0 Å². The van der Waals surface area contributed by atoms with Crippen LogP contribution in [0.3, 0.4) is 0 Å². The van der Waals surface area contributed by atoms with Crippen LogP contribution in [0.15, 0.2) is 0 Å². The molecular formula is C43H73NO9. The molecule has 2 bridgehead atoms. The number of nitriles is 1. The minimum Gasteiger partial charge on any atom is -0.462 e. The van der Waals surface area contributed by atoms with E-state index in [1.54, 1.807) is 0 Å². The SMILES string of the molecule is CCC(C)(C)C(=O)OC(C)(C)C1CCC(C(C)(C)C)CC1.CCC(C)(C)C(=O)OC1CC2CC1CC2C#N.CCC(C)(C)C(=O)OCC1COC(=O)O1. The first-order valence-corrected chi connectivity index (χ1v) is 20.2. The number of nitrogens with zero attached hydrogens (tertiary/aromatic N) is 1. The van der Waals surface area contributed by atoms with Gasteiger partial charge in [-0.1, -0.05) is 41.5 Å². The van der Waals surface area contributed by atoms with Gasteiger partial charge in [0.05, 0.1) is 22.3 Å². The molecule has 1 saturated heterocycles. The molecule has 0 aromatic carbocycles. The summed E-state index contributed by atoms with van der Waals surface area (Å²) in [6, 6.07) is 2.37. The van der Waals surface area contributed by atoms with Crippen molar-refractivity contribution < 1.29 is 42.9 Å². The van der Waals surface area contributed by atoms with E-state index >= 15 is 0 Å². The van der Waals surface area contributed by atoms with E-state index in [0.29, 0.717) is 29.6 Å². The molecule has 1 heterocycles. The van der Waals surface area contributed by atoms with Crippen LogP contribution in [0.4, 0.5) is 4.79 Å². The summed E-state index contributed by atoms with van der Waals surface area (Å²) in [6.45, 7) is 28.8. The number of fused-ring (bicyclic) bond motifs is 2. The lowest BCUT2D eigenvalue weighted by molar-refractivity contribution is -0.174. The van der Waals surface area contributed by atoms with Crippen molar-refractivity contribution in [3.05, 3.63) is 0 Å². The average Bonchev–Trinajstić information content (AvgIpc) is 3.82. The lowest BCUT2D eigenvalue weighted by Crippen LogP contribution is -2.43. The zero-order valence-electron chi connectivity index (χ0n) is 35.6. The Morgan fingerprint density at radius 3 is 1.66 bits per heavy atom. The molecular weight excluding hydrogens is 674 g/mol. The average molecular weight is 748 g/mol. The van der Waals surface area contributed by atoms with Crippen molar-refractivity contribution in [3.63, 3.8) is 0 Å².